The fraction of sp³-hybridized carbons (Fsp3) is 0.278. The average molecular weight is 325 g/mol. The van der Waals surface area contributed by atoms with Crippen LogP contribution in [-0.2, 0) is 4.79 Å². The van der Waals surface area contributed by atoms with Gasteiger partial charge in [-0.1, -0.05) is 43.7 Å². The number of nitrogens with zero attached hydrogens (tertiary/aromatic N) is 3. The molecule has 1 aromatic heterocycles. The molecule has 4 nitrogen and oxygen atoms in total. The van der Waals surface area contributed by atoms with Crippen molar-refractivity contribution in [2.24, 2.45) is 0 Å². The highest BCUT2D eigenvalue weighted by Gasteiger charge is 2.23. The Morgan fingerprint density at radius 3 is 2.74 bits per heavy atom. The van der Waals surface area contributed by atoms with Crippen molar-refractivity contribution in [3.63, 3.8) is 0 Å². The summed E-state index contributed by atoms with van der Waals surface area (Å²) in [6.45, 7) is 2.09. The molecule has 0 bridgehead atoms. The summed E-state index contributed by atoms with van der Waals surface area (Å²) in [5, 5.41) is 11.8. The highest BCUT2D eigenvalue weighted by atomic mass is 32.1. The molecule has 0 spiro atoms. The van der Waals surface area contributed by atoms with Crippen LogP contribution >= 0.6 is 11.3 Å². The van der Waals surface area contributed by atoms with E-state index in [1.807, 2.05) is 41.8 Å². The Kier molecular flexibility index (Phi) is 6.07. The van der Waals surface area contributed by atoms with Gasteiger partial charge in [0, 0.05) is 18.6 Å². The third-order valence-electron chi connectivity index (χ3n) is 3.60. The monoisotopic (exact) mass is 325 g/mol. The minimum Gasteiger partial charge on any atom is -0.334 e. The zero-order chi connectivity index (χ0) is 16.7. The summed E-state index contributed by atoms with van der Waals surface area (Å²) in [5.41, 5.74) is 1.19. The number of hydrogen-bond acceptors (Lipinski definition) is 4. The molecule has 2 aromatic rings. The van der Waals surface area contributed by atoms with Crippen molar-refractivity contribution in [2.45, 2.75) is 25.8 Å². The van der Waals surface area contributed by atoms with Crippen molar-refractivity contribution in [2.75, 3.05) is 7.05 Å². The summed E-state index contributed by atoms with van der Waals surface area (Å²) in [5.74, 6) is -0.273. The second kappa shape index (κ2) is 8.25. The fourth-order valence-corrected chi connectivity index (χ4v) is 3.00. The Bertz CT molecular complexity index is 702. The number of thiazole rings is 1. The smallest absolute Gasteiger partial charge is 0.264 e. The number of carbonyl (C=O) groups is 1. The van der Waals surface area contributed by atoms with E-state index >= 15 is 0 Å². The first kappa shape index (κ1) is 16.9. The molecule has 0 radical (unpaired) electrons. The predicted octanol–water partition coefficient (Wildman–Crippen LogP) is 4.05. The van der Waals surface area contributed by atoms with Crippen molar-refractivity contribution < 1.29 is 4.79 Å². The second-order valence-corrected chi connectivity index (χ2v) is 6.10. The quantitative estimate of drug-likeness (QED) is 0.594. The van der Waals surface area contributed by atoms with Gasteiger partial charge >= 0.3 is 0 Å². The minimum atomic E-state index is -0.273. The summed E-state index contributed by atoms with van der Waals surface area (Å²) < 4.78 is 0. The molecular weight excluding hydrogens is 306 g/mol. The Hall–Kier alpha value is -2.45. The molecule has 1 atom stereocenters. The van der Waals surface area contributed by atoms with Gasteiger partial charge in [0.1, 0.15) is 16.6 Å². The molecule has 1 unspecified atom stereocenters. The maximum atomic E-state index is 12.7. The summed E-state index contributed by atoms with van der Waals surface area (Å²) in [4.78, 5) is 18.5. The first-order chi connectivity index (χ1) is 11.2. The van der Waals surface area contributed by atoms with Gasteiger partial charge in [-0.2, -0.15) is 5.26 Å². The lowest BCUT2D eigenvalue weighted by molar-refractivity contribution is -0.127. The van der Waals surface area contributed by atoms with E-state index in [1.54, 1.807) is 24.2 Å². The van der Waals surface area contributed by atoms with Gasteiger partial charge in [-0.05, 0) is 18.1 Å². The zero-order valence-corrected chi connectivity index (χ0v) is 14.1. The van der Waals surface area contributed by atoms with Gasteiger partial charge in [-0.25, -0.2) is 4.98 Å². The molecule has 0 aliphatic carbocycles. The third kappa shape index (κ3) is 4.27. The maximum absolute atomic E-state index is 12.7. The highest BCUT2D eigenvalue weighted by molar-refractivity contribution is 7.10. The molecule has 23 heavy (non-hydrogen) atoms. The lowest BCUT2D eigenvalue weighted by Crippen LogP contribution is -2.32. The van der Waals surface area contributed by atoms with Crippen LogP contribution in [0.2, 0.25) is 0 Å². The van der Waals surface area contributed by atoms with Gasteiger partial charge in [-0.3, -0.25) is 4.79 Å². The lowest BCUT2D eigenvalue weighted by Gasteiger charge is -2.28. The van der Waals surface area contributed by atoms with E-state index in [2.05, 4.69) is 11.9 Å². The molecule has 0 saturated heterocycles. The normalized spacial score (nSPS) is 12.5. The van der Waals surface area contributed by atoms with E-state index < -0.39 is 0 Å². The number of nitriles is 1. The Balaban J connectivity index is 2.26. The molecule has 1 heterocycles. The molecule has 0 fully saturated rings. The Morgan fingerprint density at radius 2 is 2.17 bits per heavy atom. The van der Waals surface area contributed by atoms with Gasteiger partial charge in [0.25, 0.3) is 5.91 Å². The summed E-state index contributed by atoms with van der Waals surface area (Å²) in [7, 11) is 1.75. The van der Waals surface area contributed by atoms with Gasteiger partial charge in [-0.15, -0.1) is 11.3 Å². The summed E-state index contributed by atoms with van der Waals surface area (Å²) in [6, 6.07) is 11.9. The standard InChI is InChI=1S/C18H19N3OS/c1-3-7-16(14-8-5-4-6-9-14)21(2)18(22)15(13-19)12-17-20-10-11-23-17/h4-6,8-12,16H,3,7H2,1-2H3/b15-12+. The van der Waals surface area contributed by atoms with E-state index in [-0.39, 0.29) is 17.5 Å². The Labute approximate surface area is 140 Å². The number of benzene rings is 1. The van der Waals surface area contributed by atoms with Crippen LogP contribution in [0.3, 0.4) is 0 Å². The van der Waals surface area contributed by atoms with Crippen LogP contribution in [0.4, 0.5) is 0 Å². The van der Waals surface area contributed by atoms with Crippen molar-refractivity contribution in [1.82, 2.24) is 9.88 Å². The lowest BCUT2D eigenvalue weighted by atomic mass is 10.0. The first-order valence-electron chi connectivity index (χ1n) is 7.50. The number of amides is 1. The highest BCUT2D eigenvalue weighted by Crippen LogP contribution is 2.26. The van der Waals surface area contributed by atoms with E-state index in [0.717, 1.165) is 18.4 Å². The molecule has 2 rings (SSSR count). The van der Waals surface area contributed by atoms with Crippen LogP contribution < -0.4 is 0 Å². The van der Waals surface area contributed by atoms with Crippen molar-refractivity contribution >= 4 is 23.3 Å². The molecule has 0 saturated carbocycles. The minimum absolute atomic E-state index is 0.0401. The summed E-state index contributed by atoms with van der Waals surface area (Å²) >= 11 is 1.40. The number of aromatic nitrogens is 1. The number of carbonyl (C=O) groups excluding carboxylic acids is 1. The van der Waals surface area contributed by atoms with Crippen LogP contribution in [0.25, 0.3) is 6.08 Å². The molecule has 0 N–H and O–H groups in total. The van der Waals surface area contributed by atoms with Crippen molar-refractivity contribution in [3.05, 3.63) is 58.1 Å². The van der Waals surface area contributed by atoms with Gasteiger partial charge in [0.05, 0.1) is 6.04 Å². The molecule has 5 heteroatoms. The molecule has 1 aromatic carbocycles. The predicted molar refractivity (Wildman–Crippen MR) is 92.6 cm³/mol. The number of hydrogen-bond donors (Lipinski definition) is 0. The first-order valence-corrected chi connectivity index (χ1v) is 8.38. The number of rotatable bonds is 6. The average Bonchev–Trinajstić information content (AvgIpc) is 3.10. The topological polar surface area (TPSA) is 57.0 Å². The van der Waals surface area contributed by atoms with Crippen LogP contribution in [0.1, 0.15) is 36.4 Å². The van der Waals surface area contributed by atoms with Crippen molar-refractivity contribution in [1.29, 1.82) is 5.26 Å². The van der Waals surface area contributed by atoms with Crippen LogP contribution in [0.5, 0.6) is 0 Å². The molecule has 0 aliphatic rings. The van der Waals surface area contributed by atoms with Crippen molar-refractivity contribution in [3.8, 4) is 6.07 Å². The van der Waals surface area contributed by atoms with E-state index in [4.69, 9.17) is 0 Å². The van der Waals surface area contributed by atoms with E-state index in [0.29, 0.717) is 5.01 Å². The maximum Gasteiger partial charge on any atom is 0.264 e. The Morgan fingerprint density at radius 1 is 1.43 bits per heavy atom. The van der Waals surface area contributed by atoms with Crippen LogP contribution in [0.15, 0.2) is 47.5 Å². The van der Waals surface area contributed by atoms with Gasteiger partial charge < -0.3 is 4.90 Å². The SMILES string of the molecule is CCCC(c1ccccc1)N(C)C(=O)/C(C#N)=C/c1nccs1. The second-order valence-electron chi connectivity index (χ2n) is 5.17. The fourth-order valence-electron chi connectivity index (χ4n) is 2.44. The number of likely N-dealkylation sites (N-methyl/N-ethyl adjacent to an activating group) is 1. The molecule has 0 aliphatic heterocycles. The largest absolute Gasteiger partial charge is 0.334 e. The van der Waals surface area contributed by atoms with E-state index in [9.17, 15) is 10.1 Å². The van der Waals surface area contributed by atoms with Crippen LogP contribution in [0, 0.1) is 11.3 Å². The van der Waals surface area contributed by atoms with Crippen LogP contribution in [-0.4, -0.2) is 22.8 Å². The van der Waals surface area contributed by atoms with Gasteiger partial charge in [0.2, 0.25) is 0 Å². The molecule has 1 amide bonds. The third-order valence-corrected chi connectivity index (χ3v) is 4.33. The zero-order valence-electron chi connectivity index (χ0n) is 13.3. The summed E-state index contributed by atoms with van der Waals surface area (Å²) in [6.07, 6.45) is 5.01. The molecular formula is C18H19N3OS. The van der Waals surface area contributed by atoms with Gasteiger partial charge in [0.15, 0.2) is 0 Å². The molecule has 118 valence electrons. The van der Waals surface area contributed by atoms with E-state index in [1.165, 1.54) is 11.3 Å².